The maximum absolute atomic E-state index is 12.9. The normalized spacial score (nSPS) is 19.9. The van der Waals surface area contributed by atoms with E-state index < -0.39 is 0 Å². The summed E-state index contributed by atoms with van der Waals surface area (Å²) >= 11 is 5.82. The van der Waals surface area contributed by atoms with E-state index in [0.717, 1.165) is 66.0 Å². The molecule has 1 aliphatic carbocycles. The summed E-state index contributed by atoms with van der Waals surface area (Å²) in [5.74, 6) is 0. The highest BCUT2D eigenvalue weighted by Gasteiger charge is 2.25. The van der Waals surface area contributed by atoms with Crippen molar-refractivity contribution in [1.82, 2.24) is 15.2 Å². The molecule has 0 unspecified atom stereocenters. The molecule has 162 valence electrons. The minimum absolute atomic E-state index is 0.0183. The van der Waals surface area contributed by atoms with Crippen molar-refractivity contribution < 1.29 is 4.74 Å². The average molecular weight is 428 g/mol. The number of hydrogen-bond acceptors (Lipinski definition) is 3. The van der Waals surface area contributed by atoms with E-state index in [1.54, 1.807) is 0 Å². The van der Waals surface area contributed by atoms with Gasteiger partial charge in [0.2, 0.25) is 0 Å². The summed E-state index contributed by atoms with van der Waals surface area (Å²) in [4.78, 5) is 18.2. The second kappa shape index (κ2) is 9.48. The smallest absolute Gasteiger partial charge is 0.253 e. The molecule has 2 N–H and O–H groups in total. The fourth-order valence-electron chi connectivity index (χ4n) is 4.88. The molecule has 0 radical (unpaired) electrons. The van der Waals surface area contributed by atoms with Crippen molar-refractivity contribution in [3.05, 3.63) is 45.2 Å². The number of pyridine rings is 1. The molecule has 1 saturated heterocycles. The first kappa shape index (κ1) is 21.3. The van der Waals surface area contributed by atoms with E-state index in [1.165, 1.54) is 24.8 Å². The number of aryl methyl sites for hydroxylation is 2. The highest BCUT2D eigenvalue weighted by molar-refractivity contribution is 7.80. The van der Waals surface area contributed by atoms with Crippen LogP contribution in [0.1, 0.15) is 61.6 Å². The Labute approximate surface area is 184 Å². The monoisotopic (exact) mass is 427 g/mol. The zero-order valence-electron chi connectivity index (χ0n) is 18.1. The van der Waals surface area contributed by atoms with Crippen molar-refractivity contribution in [1.29, 1.82) is 0 Å². The first-order valence-electron chi connectivity index (χ1n) is 11.3. The number of ether oxygens (including phenoxy) is 1. The van der Waals surface area contributed by atoms with Gasteiger partial charge in [0, 0.05) is 35.7 Å². The van der Waals surface area contributed by atoms with Crippen LogP contribution in [0.5, 0.6) is 0 Å². The Balaban J connectivity index is 1.58. The van der Waals surface area contributed by atoms with Gasteiger partial charge in [0.1, 0.15) is 0 Å². The van der Waals surface area contributed by atoms with Crippen LogP contribution in [0.15, 0.2) is 23.0 Å². The van der Waals surface area contributed by atoms with Crippen LogP contribution in [0.3, 0.4) is 0 Å². The molecule has 1 atom stereocenters. The number of benzene rings is 1. The average Bonchev–Trinajstić information content (AvgIpc) is 3.25. The Kier molecular flexibility index (Phi) is 6.74. The lowest BCUT2D eigenvalue weighted by atomic mass is 9.94. The van der Waals surface area contributed by atoms with Crippen LogP contribution in [0.2, 0.25) is 0 Å². The molecule has 6 heteroatoms. The van der Waals surface area contributed by atoms with Gasteiger partial charge in [-0.25, -0.2) is 0 Å². The van der Waals surface area contributed by atoms with Crippen LogP contribution in [0, 0.1) is 13.8 Å². The van der Waals surface area contributed by atoms with Crippen molar-refractivity contribution >= 4 is 28.2 Å². The molecule has 0 amide bonds. The standard InChI is InChI=1S/C24H33N3O2S/c1-16-11-17(2)21-13-18(23(28)26-22(21)12-16)15-27(19-7-4-3-5-8-19)24(30)25-14-20-9-6-10-29-20/h11-13,19-20H,3-10,14-15H2,1-2H3,(H,25,30)(H,26,28)/t20-/m0/s1. The van der Waals surface area contributed by atoms with Crippen molar-refractivity contribution in [2.75, 3.05) is 13.2 Å². The molecular formula is C24H33N3O2S. The van der Waals surface area contributed by atoms with Crippen molar-refractivity contribution in [2.45, 2.75) is 77.5 Å². The van der Waals surface area contributed by atoms with E-state index in [-0.39, 0.29) is 11.7 Å². The molecule has 0 bridgehead atoms. The zero-order chi connectivity index (χ0) is 21.1. The number of fused-ring (bicyclic) bond motifs is 1. The summed E-state index contributed by atoms with van der Waals surface area (Å²) < 4.78 is 5.74. The second-order valence-electron chi connectivity index (χ2n) is 8.91. The maximum atomic E-state index is 12.9. The lowest BCUT2D eigenvalue weighted by Gasteiger charge is -2.36. The number of nitrogens with one attached hydrogen (secondary N) is 2. The number of H-pyrrole nitrogens is 1. The van der Waals surface area contributed by atoms with Gasteiger partial charge in [-0.15, -0.1) is 0 Å². The Morgan fingerprint density at radius 1 is 1.17 bits per heavy atom. The summed E-state index contributed by atoms with van der Waals surface area (Å²) in [6, 6.07) is 6.65. The molecule has 0 spiro atoms. The van der Waals surface area contributed by atoms with Crippen molar-refractivity contribution in [2.24, 2.45) is 0 Å². The van der Waals surface area contributed by atoms with E-state index in [2.05, 4.69) is 41.2 Å². The second-order valence-corrected chi connectivity index (χ2v) is 9.29. The SMILES string of the molecule is Cc1cc(C)c2cc(CN(C(=S)NC[C@@H]3CCCO3)C3CCCCC3)c(=O)[nH]c2c1. The summed E-state index contributed by atoms with van der Waals surface area (Å²) in [5, 5.41) is 5.29. The van der Waals surface area contributed by atoms with Gasteiger partial charge in [0.05, 0.1) is 12.6 Å². The zero-order valence-corrected chi connectivity index (χ0v) is 18.9. The molecule has 2 fully saturated rings. The van der Waals surface area contributed by atoms with Crippen molar-refractivity contribution in [3.8, 4) is 0 Å². The van der Waals surface area contributed by atoms with Crippen LogP contribution < -0.4 is 10.9 Å². The van der Waals surface area contributed by atoms with E-state index >= 15 is 0 Å². The van der Waals surface area contributed by atoms with E-state index in [9.17, 15) is 4.79 Å². The van der Waals surface area contributed by atoms with Gasteiger partial charge in [-0.2, -0.15) is 0 Å². The van der Waals surface area contributed by atoms with Crippen LogP contribution in [0.4, 0.5) is 0 Å². The summed E-state index contributed by atoms with van der Waals surface area (Å²) in [6.45, 7) is 6.29. The van der Waals surface area contributed by atoms with Crippen LogP contribution in [0.25, 0.3) is 10.9 Å². The van der Waals surface area contributed by atoms with Gasteiger partial charge < -0.3 is 19.9 Å². The number of rotatable bonds is 5. The molecule has 5 nitrogen and oxygen atoms in total. The predicted molar refractivity (Wildman–Crippen MR) is 126 cm³/mol. The number of hydrogen-bond donors (Lipinski definition) is 2. The fraction of sp³-hybridized carbons (Fsp3) is 0.583. The van der Waals surface area contributed by atoms with Crippen LogP contribution in [-0.4, -0.2) is 40.3 Å². The molecule has 1 saturated carbocycles. The highest BCUT2D eigenvalue weighted by atomic mass is 32.1. The Morgan fingerprint density at radius 2 is 1.97 bits per heavy atom. The quantitative estimate of drug-likeness (QED) is 0.696. The van der Waals surface area contributed by atoms with Gasteiger partial charge in [-0.1, -0.05) is 25.3 Å². The molecule has 1 aromatic heterocycles. The van der Waals surface area contributed by atoms with Gasteiger partial charge in [-0.05, 0) is 75.0 Å². The number of thiocarbonyl (C=S) groups is 1. The van der Waals surface area contributed by atoms with Gasteiger partial charge in [0.15, 0.2) is 5.11 Å². The Morgan fingerprint density at radius 3 is 2.70 bits per heavy atom. The Bertz CT molecular complexity index is 959. The summed E-state index contributed by atoms with van der Waals surface area (Å²) in [7, 11) is 0. The largest absolute Gasteiger partial charge is 0.376 e. The fourth-order valence-corrected chi connectivity index (χ4v) is 5.18. The minimum Gasteiger partial charge on any atom is -0.376 e. The maximum Gasteiger partial charge on any atom is 0.253 e. The molecule has 1 aromatic carbocycles. The minimum atomic E-state index is -0.0183. The third-order valence-corrected chi connectivity index (χ3v) is 6.89. The number of aromatic amines is 1. The molecule has 2 heterocycles. The molecular weight excluding hydrogens is 394 g/mol. The number of nitrogens with zero attached hydrogens (tertiary/aromatic N) is 1. The molecule has 4 rings (SSSR count). The van der Waals surface area contributed by atoms with E-state index in [0.29, 0.717) is 12.6 Å². The molecule has 1 aliphatic heterocycles. The van der Waals surface area contributed by atoms with E-state index in [1.807, 2.05) is 6.07 Å². The van der Waals surface area contributed by atoms with Crippen molar-refractivity contribution in [3.63, 3.8) is 0 Å². The number of aromatic nitrogens is 1. The molecule has 2 aromatic rings. The van der Waals surface area contributed by atoms with Crippen LogP contribution in [-0.2, 0) is 11.3 Å². The Hall–Kier alpha value is -1.92. The lowest BCUT2D eigenvalue weighted by molar-refractivity contribution is 0.112. The molecule has 2 aliphatic rings. The van der Waals surface area contributed by atoms with Gasteiger partial charge >= 0.3 is 0 Å². The van der Waals surface area contributed by atoms with Gasteiger partial charge in [0.25, 0.3) is 5.56 Å². The third kappa shape index (κ3) is 4.86. The summed E-state index contributed by atoms with van der Waals surface area (Å²) in [6.07, 6.45) is 8.45. The lowest BCUT2D eigenvalue weighted by Crippen LogP contribution is -2.48. The first-order valence-corrected chi connectivity index (χ1v) is 11.7. The third-order valence-electron chi connectivity index (χ3n) is 6.51. The first-order chi connectivity index (χ1) is 14.5. The highest BCUT2D eigenvalue weighted by Crippen LogP contribution is 2.25. The molecule has 30 heavy (non-hydrogen) atoms. The van der Waals surface area contributed by atoms with Crippen LogP contribution >= 0.6 is 12.2 Å². The summed E-state index contributed by atoms with van der Waals surface area (Å²) in [5.41, 5.74) is 4.01. The topological polar surface area (TPSA) is 57.4 Å². The van der Waals surface area contributed by atoms with Gasteiger partial charge in [-0.3, -0.25) is 4.79 Å². The predicted octanol–water partition coefficient (Wildman–Crippen LogP) is 4.33. The van der Waals surface area contributed by atoms with E-state index in [4.69, 9.17) is 17.0 Å².